The molecule has 3 aliphatic carbocycles. The zero-order valence-corrected chi connectivity index (χ0v) is 20.2. The van der Waals surface area contributed by atoms with Crippen LogP contribution in [0.5, 0.6) is 0 Å². The van der Waals surface area contributed by atoms with Gasteiger partial charge in [-0.2, -0.15) is 0 Å². The van der Waals surface area contributed by atoms with Gasteiger partial charge in [-0.25, -0.2) is 0 Å². The van der Waals surface area contributed by atoms with Gasteiger partial charge in [0.25, 0.3) is 0 Å². The Hall–Kier alpha value is -1.16. The van der Waals surface area contributed by atoms with Crippen LogP contribution in [0.4, 0.5) is 0 Å². The molecule has 0 aromatic rings. The molecule has 0 bridgehead atoms. The molecule has 0 heterocycles. The van der Waals surface area contributed by atoms with Crippen molar-refractivity contribution in [3.05, 3.63) is 47.6 Å². The summed E-state index contributed by atoms with van der Waals surface area (Å²) in [5.74, 6) is 2.05. The summed E-state index contributed by atoms with van der Waals surface area (Å²) in [5, 5.41) is 30.5. The Morgan fingerprint density at radius 1 is 1.19 bits per heavy atom. The third-order valence-corrected chi connectivity index (χ3v) is 8.61. The monoisotopic (exact) mass is 428 g/mol. The van der Waals surface area contributed by atoms with Gasteiger partial charge >= 0.3 is 0 Å². The van der Waals surface area contributed by atoms with E-state index in [0.29, 0.717) is 34.8 Å². The van der Waals surface area contributed by atoms with Gasteiger partial charge in [0.15, 0.2) is 0 Å². The van der Waals surface area contributed by atoms with Gasteiger partial charge in [-0.05, 0) is 92.3 Å². The second-order valence-electron chi connectivity index (χ2n) is 11.4. The summed E-state index contributed by atoms with van der Waals surface area (Å²) in [6.07, 6.45) is 12.7. The normalized spacial score (nSPS) is 38.0. The summed E-state index contributed by atoms with van der Waals surface area (Å²) in [5.41, 5.74) is 3.41. The van der Waals surface area contributed by atoms with Crippen molar-refractivity contribution < 1.29 is 15.3 Å². The molecular formula is C28H44O3. The molecule has 174 valence electrons. The minimum atomic E-state index is -0.842. The largest absolute Gasteiger partial charge is 0.390 e. The van der Waals surface area contributed by atoms with Crippen molar-refractivity contribution >= 4 is 0 Å². The molecule has 3 saturated carbocycles. The van der Waals surface area contributed by atoms with Crippen molar-refractivity contribution in [3.8, 4) is 0 Å². The maximum Gasteiger partial charge on any atom is 0.102 e. The quantitative estimate of drug-likeness (QED) is 0.464. The second-order valence-corrected chi connectivity index (χ2v) is 11.4. The van der Waals surface area contributed by atoms with Crippen LogP contribution in [-0.2, 0) is 0 Å². The van der Waals surface area contributed by atoms with Crippen molar-refractivity contribution in [1.29, 1.82) is 0 Å². The summed E-state index contributed by atoms with van der Waals surface area (Å²) in [4.78, 5) is 0. The van der Waals surface area contributed by atoms with Gasteiger partial charge in [-0.3, -0.25) is 0 Å². The first-order valence-electron chi connectivity index (χ1n) is 12.3. The van der Waals surface area contributed by atoms with E-state index in [1.807, 2.05) is 13.8 Å². The Bertz CT molecular complexity index is 753. The Labute approximate surface area is 189 Å². The van der Waals surface area contributed by atoms with E-state index < -0.39 is 17.8 Å². The van der Waals surface area contributed by atoms with Crippen LogP contribution in [0.15, 0.2) is 47.6 Å². The van der Waals surface area contributed by atoms with E-state index in [-0.39, 0.29) is 0 Å². The predicted octanol–water partition coefficient (Wildman–Crippen LogP) is 5.87. The van der Waals surface area contributed by atoms with Crippen LogP contribution < -0.4 is 0 Å². The lowest BCUT2D eigenvalue weighted by Crippen LogP contribution is -2.36. The number of aliphatic hydroxyl groups excluding tert-OH is 2. The van der Waals surface area contributed by atoms with Crippen LogP contribution >= 0.6 is 0 Å². The third kappa shape index (κ3) is 5.26. The fourth-order valence-electron chi connectivity index (χ4n) is 6.71. The molecule has 0 aliphatic heterocycles. The highest BCUT2D eigenvalue weighted by Crippen LogP contribution is 2.60. The van der Waals surface area contributed by atoms with Crippen LogP contribution in [0.1, 0.15) is 85.5 Å². The highest BCUT2D eigenvalue weighted by atomic mass is 16.3. The van der Waals surface area contributed by atoms with Gasteiger partial charge in [0, 0.05) is 6.42 Å². The first-order valence-corrected chi connectivity index (χ1v) is 12.3. The third-order valence-electron chi connectivity index (χ3n) is 8.61. The molecule has 0 radical (unpaired) electrons. The molecule has 3 heteroatoms. The van der Waals surface area contributed by atoms with E-state index in [1.54, 1.807) is 0 Å². The summed E-state index contributed by atoms with van der Waals surface area (Å²) in [7, 11) is 0. The number of aliphatic hydroxyl groups is 3. The SMILES string of the molecule is C=C1/C(=C/C=C2CCC[C@@]3(C)C2CC[C@@H]3[C@H](C)CCCC(C)(C)O)C[C@@H](O)C(=C)C1O. The van der Waals surface area contributed by atoms with Gasteiger partial charge in [0.2, 0.25) is 0 Å². The van der Waals surface area contributed by atoms with Crippen molar-refractivity contribution in [2.24, 2.45) is 23.2 Å². The number of fused-ring (bicyclic) bond motifs is 1. The fraction of sp³-hybridized carbons (Fsp3) is 0.714. The van der Waals surface area contributed by atoms with Gasteiger partial charge in [0.1, 0.15) is 6.10 Å². The van der Waals surface area contributed by atoms with E-state index in [1.165, 1.54) is 37.7 Å². The molecular weight excluding hydrogens is 384 g/mol. The fourth-order valence-corrected chi connectivity index (χ4v) is 6.71. The Morgan fingerprint density at radius 2 is 1.90 bits per heavy atom. The highest BCUT2D eigenvalue weighted by Gasteiger charge is 2.50. The van der Waals surface area contributed by atoms with Gasteiger partial charge in [0.05, 0.1) is 11.7 Å². The van der Waals surface area contributed by atoms with Crippen molar-refractivity contribution in [1.82, 2.24) is 0 Å². The van der Waals surface area contributed by atoms with E-state index >= 15 is 0 Å². The lowest BCUT2D eigenvalue weighted by molar-refractivity contribution is 0.0596. The van der Waals surface area contributed by atoms with E-state index in [2.05, 4.69) is 39.2 Å². The van der Waals surface area contributed by atoms with Gasteiger partial charge in [-0.1, -0.05) is 57.6 Å². The van der Waals surface area contributed by atoms with Crippen LogP contribution in [-0.4, -0.2) is 33.1 Å². The zero-order valence-electron chi connectivity index (χ0n) is 20.2. The van der Waals surface area contributed by atoms with Crippen LogP contribution in [0.2, 0.25) is 0 Å². The average molecular weight is 429 g/mol. The average Bonchev–Trinajstić information content (AvgIpc) is 3.04. The van der Waals surface area contributed by atoms with Crippen LogP contribution in [0, 0.1) is 23.2 Å². The van der Waals surface area contributed by atoms with Crippen LogP contribution in [0.25, 0.3) is 0 Å². The maximum atomic E-state index is 10.3. The number of hydrogen-bond donors (Lipinski definition) is 3. The highest BCUT2D eigenvalue weighted by molar-refractivity contribution is 5.45. The standard InChI is InChI=1S/C28H44O3/c1-18(9-7-15-27(4,5)31)23-13-14-24-21(10-8-16-28(23,24)6)11-12-22-17-25(29)20(3)26(30)19(22)2/h11-12,18,23-26,29-31H,2-3,7-10,13-17H2,1,4-6H3/b21-11?,22-12+/t18-,23-,24?,25-,26?,28-/m1/s1. The van der Waals surface area contributed by atoms with Crippen molar-refractivity contribution in [2.45, 2.75) is 103 Å². The molecule has 3 fully saturated rings. The molecule has 0 saturated heterocycles. The molecule has 3 aliphatic rings. The van der Waals surface area contributed by atoms with Crippen molar-refractivity contribution in [2.75, 3.05) is 0 Å². The molecule has 6 atom stereocenters. The van der Waals surface area contributed by atoms with E-state index in [9.17, 15) is 15.3 Å². The number of hydrogen-bond acceptors (Lipinski definition) is 3. The molecule has 0 aromatic carbocycles. The number of rotatable bonds is 6. The van der Waals surface area contributed by atoms with E-state index in [4.69, 9.17) is 0 Å². The molecule has 0 amide bonds. The summed E-state index contributed by atoms with van der Waals surface area (Å²) in [6.45, 7) is 16.6. The molecule has 3 rings (SSSR count). The first-order chi connectivity index (χ1) is 14.4. The predicted molar refractivity (Wildman–Crippen MR) is 129 cm³/mol. The topological polar surface area (TPSA) is 60.7 Å². The van der Waals surface area contributed by atoms with Crippen molar-refractivity contribution in [3.63, 3.8) is 0 Å². The molecule has 3 N–H and O–H groups in total. The number of allylic oxidation sites excluding steroid dienone is 3. The summed E-state index contributed by atoms with van der Waals surface area (Å²) in [6, 6.07) is 0. The summed E-state index contributed by atoms with van der Waals surface area (Å²) < 4.78 is 0. The Morgan fingerprint density at radius 3 is 2.58 bits per heavy atom. The lowest BCUT2D eigenvalue weighted by atomic mass is 9.60. The molecule has 0 aromatic heterocycles. The Kier molecular flexibility index (Phi) is 7.40. The van der Waals surface area contributed by atoms with Crippen LogP contribution in [0.3, 0.4) is 0 Å². The minimum Gasteiger partial charge on any atom is -0.390 e. The van der Waals surface area contributed by atoms with Gasteiger partial charge in [-0.15, -0.1) is 0 Å². The maximum absolute atomic E-state index is 10.3. The smallest absolute Gasteiger partial charge is 0.102 e. The molecule has 31 heavy (non-hydrogen) atoms. The Balaban J connectivity index is 1.72. The zero-order chi connectivity index (χ0) is 23.0. The second kappa shape index (κ2) is 9.37. The molecule has 2 unspecified atom stereocenters. The van der Waals surface area contributed by atoms with Gasteiger partial charge < -0.3 is 15.3 Å². The first kappa shape index (κ1) is 24.5. The van der Waals surface area contributed by atoms with E-state index in [0.717, 1.165) is 30.8 Å². The summed E-state index contributed by atoms with van der Waals surface area (Å²) >= 11 is 0. The molecule has 3 nitrogen and oxygen atoms in total. The molecule has 0 spiro atoms. The minimum absolute atomic E-state index is 0.355. The lowest BCUT2D eigenvalue weighted by Gasteiger charge is -2.44.